The minimum absolute atomic E-state index is 0.0251. The van der Waals surface area contributed by atoms with Crippen molar-refractivity contribution in [1.82, 2.24) is 24.4 Å². The van der Waals surface area contributed by atoms with Crippen LogP contribution in [0.5, 0.6) is 0 Å². The molecule has 1 saturated heterocycles. The van der Waals surface area contributed by atoms with E-state index in [0.29, 0.717) is 47.4 Å². The number of anilines is 1. The fraction of sp³-hybridized carbons (Fsp3) is 0.478. The summed E-state index contributed by atoms with van der Waals surface area (Å²) in [6, 6.07) is 3.31. The molecule has 3 aliphatic rings. The van der Waals surface area contributed by atoms with Gasteiger partial charge in [-0.3, -0.25) is 9.59 Å². The predicted octanol–water partition coefficient (Wildman–Crippen LogP) is 1.69. The number of piperazine rings is 1. The maximum Gasteiger partial charge on any atom is 0.241 e. The molecule has 2 aliphatic heterocycles. The minimum Gasteiger partial charge on any atom is -0.367 e. The van der Waals surface area contributed by atoms with Gasteiger partial charge in [0, 0.05) is 49.7 Å². The summed E-state index contributed by atoms with van der Waals surface area (Å²) < 4.78 is 36.5. The third-order valence-electron chi connectivity index (χ3n) is 6.99. The van der Waals surface area contributed by atoms with Gasteiger partial charge in [0.25, 0.3) is 0 Å². The summed E-state index contributed by atoms with van der Waals surface area (Å²) in [5, 5.41) is 5.81. The largest absolute Gasteiger partial charge is 0.367 e. The van der Waals surface area contributed by atoms with Crippen LogP contribution in [-0.2, 0) is 26.2 Å². The highest BCUT2D eigenvalue weighted by Crippen LogP contribution is 2.38. The van der Waals surface area contributed by atoms with Gasteiger partial charge in [-0.05, 0) is 31.9 Å². The number of aromatic nitrogens is 3. The molecule has 0 radical (unpaired) electrons. The smallest absolute Gasteiger partial charge is 0.241 e. The van der Waals surface area contributed by atoms with Gasteiger partial charge in [0.15, 0.2) is 5.78 Å². The number of carbonyl (C=O) groups excluding carboxylic acids is 2. The summed E-state index contributed by atoms with van der Waals surface area (Å²) in [5.74, 6) is -0.0947. The van der Waals surface area contributed by atoms with Crippen LogP contribution in [0.25, 0.3) is 16.0 Å². The van der Waals surface area contributed by atoms with Crippen LogP contribution < -0.4 is 9.62 Å². The van der Waals surface area contributed by atoms with E-state index in [2.05, 4.69) is 19.7 Å². The maximum absolute atomic E-state index is 13.4. The molecular formula is C23H26N6O5S2. The Morgan fingerprint density at radius 2 is 1.92 bits per heavy atom. The lowest BCUT2D eigenvalue weighted by atomic mass is 10.1. The second-order valence-corrected chi connectivity index (χ2v) is 12.4. The van der Waals surface area contributed by atoms with Crippen molar-refractivity contribution < 1.29 is 22.7 Å². The molecule has 11 nitrogen and oxygen atoms in total. The zero-order valence-electron chi connectivity index (χ0n) is 20.0. The van der Waals surface area contributed by atoms with Crippen LogP contribution in [-0.4, -0.2) is 78.1 Å². The topological polar surface area (TPSA) is 127 Å². The van der Waals surface area contributed by atoms with Crippen LogP contribution in [0.4, 0.5) is 5.69 Å². The molecule has 6 rings (SSSR count). The Balaban J connectivity index is 1.47. The van der Waals surface area contributed by atoms with Crippen LogP contribution in [0.1, 0.15) is 42.1 Å². The summed E-state index contributed by atoms with van der Waals surface area (Å²) in [5.41, 5.74) is 1.48. The van der Waals surface area contributed by atoms with Crippen molar-refractivity contribution in [3.8, 4) is 5.13 Å². The molecule has 1 N–H and O–H groups in total. The van der Waals surface area contributed by atoms with Crippen LogP contribution in [0.15, 0.2) is 23.2 Å². The molecule has 13 heteroatoms. The summed E-state index contributed by atoms with van der Waals surface area (Å²) in [6.07, 6.45) is 3.30. The second kappa shape index (κ2) is 8.33. The van der Waals surface area contributed by atoms with Gasteiger partial charge in [0.2, 0.25) is 21.1 Å². The van der Waals surface area contributed by atoms with Crippen LogP contribution in [0.2, 0.25) is 0 Å². The van der Waals surface area contributed by atoms with Crippen molar-refractivity contribution >= 4 is 49.6 Å². The number of nitrogens with one attached hydrogen (secondary N) is 1. The zero-order chi connectivity index (χ0) is 25.2. The highest BCUT2D eigenvalue weighted by Gasteiger charge is 2.41. The molecule has 1 saturated carbocycles. The molecule has 36 heavy (non-hydrogen) atoms. The number of benzene rings is 1. The van der Waals surface area contributed by atoms with Gasteiger partial charge >= 0.3 is 0 Å². The van der Waals surface area contributed by atoms with E-state index < -0.39 is 15.6 Å². The van der Waals surface area contributed by atoms with Crippen molar-refractivity contribution in [3.63, 3.8) is 0 Å². The monoisotopic (exact) mass is 530 g/mol. The van der Waals surface area contributed by atoms with Crippen molar-refractivity contribution in [1.29, 1.82) is 0 Å². The number of nitrogens with zero attached hydrogens (tertiary/aromatic N) is 5. The second-order valence-electron chi connectivity index (χ2n) is 9.78. The normalized spacial score (nSPS) is 19.6. The van der Waals surface area contributed by atoms with E-state index in [-0.39, 0.29) is 29.8 Å². The Bertz CT molecular complexity index is 1500. The van der Waals surface area contributed by atoms with Crippen molar-refractivity contribution in [2.75, 3.05) is 37.7 Å². The highest BCUT2D eigenvalue weighted by molar-refractivity contribution is 7.89. The van der Waals surface area contributed by atoms with Crippen molar-refractivity contribution in [2.24, 2.45) is 0 Å². The van der Waals surface area contributed by atoms with Gasteiger partial charge in [-0.15, -0.1) is 0 Å². The Kier molecular flexibility index (Phi) is 5.44. The lowest BCUT2D eigenvalue weighted by Gasteiger charge is -2.36. The molecule has 4 heterocycles. The number of hydrogen-bond acceptors (Lipinski definition) is 9. The summed E-state index contributed by atoms with van der Waals surface area (Å²) in [7, 11) is -3.79. The number of thiazole rings is 1. The SMILES string of the molecule is CC(=O)N1CCN(c2cc(S(=O)(=O)NC3(C)CC3)cc3c2cnn3-c2nc3c(s2)C(=O)COC3)CC1. The van der Waals surface area contributed by atoms with Crippen LogP contribution in [0.3, 0.4) is 0 Å². The van der Waals surface area contributed by atoms with E-state index in [0.717, 1.165) is 23.9 Å². The van der Waals surface area contributed by atoms with Crippen LogP contribution >= 0.6 is 11.3 Å². The minimum atomic E-state index is -3.79. The Morgan fingerprint density at radius 1 is 1.17 bits per heavy atom. The number of sulfonamides is 1. The molecule has 1 aliphatic carbocycles. The van der Waals surface area contributed by atoms with Gasteiger partial charge in [-0.1, -0.05) is 11.3 Å². The first kappa shape index (κ1) is 23.5. The quantitative estimate of drug-likeness (QED) is 0.528. The summed E-state index contributed by atoms with van der Waals surface area (Å²) >= 11 is 1.23. The zero-order valence-corrected chi connectivity index (χ0v) is 21.6. The third kappa shape index (κ3) is 4.09. The number of rotatable bonds is 5. The third-order valence-corrected chi connectivity index (χ3v) is 9.72. The fourth-order valence-corrected chi connectivity index (χ4v) is 7.11. The average molecular weight is 531 g/mol. The van der Waals surface area contributed by atoms with Gasteiger partial charge < -0.3 is 14.5 Å². The first-order valence-corrected chi connectivity index (χ1v) is 14.1. The van der Waals surface area contributed by atoms with Gasteiger partial charge in [0.1, 0.15) is 11.5 Å². The molecule has 2 aromatic heterocycles. The molecular weight excluding hydrogens is 504 g/mol. The van der Waals surface area contributed by atoms with Crippen LogP contribution in [0, 0.1) is 0 Å². The fourth-order valence-electron chi connectivity index (χ4n) is 4.64. The molecule has 2 fully saturated rings. The number of Topliss-reactive ketones (excluding diaryl/α,β-unsaturated/α-hetero) is 1. The van der Waals surface area contributed by atoms with Gasteiger partial charge in [0.05, 0.1) is 28.9 Å². The Hall–Kier alpha value is -2.87. The van der Waals surface area contributed by atoms with Crippen molar-refractivity contribution in [2.45, 2.75) is 43.7 Å². The summed E-state index contributed by atoms with van der Waals surface area (Å²) in [4.78, 5) is 33.2. The molecule has 3 aromatic rings. The maximum atomic E-state index is 13.4. The number of fused-ring (bicyclic) bond motifs is 2. The van der Waals surface area contributed by atoms with Crippen molar-refractivity contribution in [3.05, 3.63) is 28.9 Å². The molecule has 0 atom stereocenters. The molecule has 1 aromatic carbocycles. The van der Waals surface area contributed by atoms with E-state index in [4.69, 9.17) is 4.74 Å². The van der Waals surface area contributed by atoms with E-state index in [1.54, 1.807) is 34.8 Å². The number of ketones is 1. The highest BCUT2D eigenvalue weighted by atomic mass is 32.2. The summed E-state index contributed by atoms with van der Waals surface area (Å²) in [6.45, 7) is 5.99. The van der Waals surface area contributed by atoms with E-state index >= 15 is 0 Å². The molecule has 0 unspecified atom stereocenters. The predicted molar refractivity (Wildman–Crippen MR) is 133 cm³/mol. The first-order valence-electron chi connectivity index (χ1n) is 11.8. The van der Waals surface area contributed by atoms with Gasteiger partial charge in [-0.25, -0.2) is 22.8 Å². The molecule has 0 bridgehead atoms. The average Bonchev–Trinajstić information content (AvgIpc) is 3.22. The Labute approximate surface area is 212 Å². The lowest BCUT2D eigenvalue weighted by molar-refractivity contribution is -0.129. The number of hydrogen-bond donors (Lipinski definition) is 1. The number of amides is 1. The lowest BCUT2D eigenvalue weighted by Crippen LogP contribution is -2.48. The standard InChI is InChI=1S/C23H26N6O5S2/c1-14(30)27-5-7-28(8-6-27)18-9-15(36(32,33)26-23(2)3-4-23)10-19-16(18)11-24-29(19)22-25-17-12-34-13-20(31)21(17)35-22/h9-11,26H,3-8,12-13H2,1-2H3. The van der Waals surface area contributed by atoms with E-state index in [1.807, 2.05) is 6.92 Å². The van der Waals surface area contributed by atoms with E-state index in [9.17, 15) is 18.0 Å². The first-order chi connectivity index (χ1) is 17.1. The number of ether oxygens (including phenoxy) is 1. The molecule has 0 spiro atoms. The van der Waals surface area contributed by atoms with E-state index in [1.165, 1.54) is 11.3 Å². The van der Waals surface area contributed by atoms with Gasteiger partial charge in [-0.2, -0.15) is 5.10 Å². The number of carbonyl (C=O) groups is 2. The Morgan fingerprint density at radius 3 is 2.58 bits per heavy atom. The molecule has 1 amide bonds. The molecule has 190 valence electrons.